The van der Waals surface area contributed by atoms with E-state index in [0.29, 0.717) is 5.56 Å². The zero-order valence-electron chi connectivity index (χ0n) is 11.7. The van der Waals surface area contributed by atoms with Gasteiger partial charge in [-0.1, -0.05) is 6.92 Å². The lowest BCUT2D eigenvalue weighted by molar-refractivity contribution is 0.618. The summed E-state index contributed by atoms with van der Waals surface area (Å²) < 4.78 is 13.4. The minimum Gasteiger partial charge on any atom is -0.373 e. The molecular formula is C15H18FN3. The fourth-order valence-electron chi connectivity index (χ4n) is 2.04. The average Bonchev–Trinajstić information content (AvgIpc) is 2.42. The molecule has 0 atom stereocenters. The first kappa shape index (κ1) is 13.5. The molecule has 2 aromatic rings. The Morgan fingerprint density at radius 1 is 1.21 bits per heavy atom. The van der Waals surface area contributed by atoms with Gasteiger partial charge in [0.25, 0.3) is 0 Å². The van der Waals surface area contributed by atoms with Gasteiger partial charge in [-0.05, 0) is 37.6 Å². The monoisotopic (exact) mass is 259 g/mol. The molecule has 1 aromatic carbocycles. The van der Waals surface area contributed by atoms with Gasteiger partial charge in [-0.25, -0.2) is 14.4 Å². The second-order valence-electron chi connectivity index (χ2n) is 4.53. The Morgan fingerprint density at radius 3 is 2.53 bits per heavy atom. The molecule has 0 spiro atoms. The van der Waals surface area contributed by atoms with Crippen molar-refractivity contribution in [1.29, 1.82) is 0 Å². The van der Waals surface area contributed by atoms with Gasteiger partial charge in [0.15, 0.2) is 0 Å². The highest BCUT2D eigenvalue weighted by atomic mass is 19.1. The lowest BCUT2D eigenvalue weighted by atomic mass is 10.0. The first-order valence-corrected chi connectivity index (χ1v) is 6.38. The second kappa shape index (κ2) is 5.34. The van der Waals surface area contributed by atoms with Crippen molar-refractivity contribution in [2.45, 2.75) is 27.2 Å². The Hall–Kier alpha value is -1.97. The Bertz CT molecular complexity index is 609. The van der Waals surface area contributed by atoms with Crippen LogP contribution in [-0.4, -0.2) is 17.0 Å². The van der Waals surface area contributed by atoms with Gasteiger partial charge in [0.1, 0.15) is 17.5 Å². The summed E-state index contributed by atoms with van der Waals surface area (Å²) in [5.74, 6) is 1.41. The van der Waals surface area contributed by atoms with Gasteiger partial charge in [-0.3, -0.25) is 0 Å². The van der Waals surface area contributed by atoms with E-state index in [1.807, 2.05) is 27.0 Å². The third-order valence-electron chi connectivity index (χ3n) is 3.18. The van der Waals surface area contributed by atoms with Crippen LogP contribution in [0.4, 0.5) is 10.2 Å². The summed E-state index contributed by atoms with van der Waals surface area (Å²) in [7, 11) is 1.84. The van der Waals surface area contributed by atoms with Crippen LogP contribution >= 0.6 is 0 Å². The Morgan fingerprint density at radius 2 is 1.95 bits per heavy atom. The number of hydrogen-bond donors (Lipinski definition) is 1. The molecule has 1 heterocycles. The molecule has 0 unspecified atom stereocenters. The number of halogens is 1. The fraction of sp³-hybridized carbons (Fsp3) is 0.333. The molecule has 0 aliphatic carbocycles. The molecule has 0 radical (unpaired) electrons. The fourth-order valence-corrected chi connectivity index (χ4v) is 2.04. The summed E-state index contributed by atoms with van der Waals surface area (Å²) in [5.41, 5.74) is 3.38. The van der Waals surface area contributed by atoms with Gasteiger partial charge in [0.05, 0.1) is 5.69 Å². The first-order valence-electron chi connectivity index (χ1n) is 6.38. The molecule has 0 bridgehead atoms. The van der Waals surface area contributed by atoms with E-state index in [1.54, 1.807) is 13.0 Å². The van der Waals surface area contributed by atoms with Crippen LogP contribution in [0.25, 0.3) is 11.3 Å². The van der Waals surface area contributed by atoms with E-state index in [1.165, 1.54) is 6.07 Å². The Balaban J connectivity index is 2.63. The van der Waals surface area contributed by atoms with Crippen molar-refractivity contribution in [3.05, 3.63) is 41.0 Å². The summed E-state index contributed by atoms with van der Waals surface area (Å²) in [6.07, 6.45) is 0.766. The predicted molar refractivity (Wildman–Crippen MR) is 75.8 cm³/mol. The molecule has 100 valence electrons. The third kappa shape index (κ3) is 2.57. The summed E-state index contributed by atoms with van der Waals surface area (Å²) in [6.45, 7) is 5.75. The van der Waals surface area contributed by atoms with Crippen LogP contribution in [0.15, 0.2) is 18.2 Å². The summed E-state index contributed by atoms with van der Waals surface area (Å²) in [5, 5.41) is 3.08. The smallest absolute Gasteiger partial charge is 0.132 e. The second-order valence-corrected chi connectivity index (χ2v) is 4.53. The average molecular weight is 259 g/mol. The third-order valence-corrected chi connectivity index (χ3v) is 3.18. The number of nitrogens with zero attached hydrogens (tertiary/aromatic N) is 2. The SMILES string of the molecule is CCc1nc(NC)c(C)c(-c2ccc(F)c(C)c2)n1. The van der Waals surface area contributed by atoms with Gasteiger partial charge >= 0.3 is 0 Å². The molecule has 0 aliphatic heterocycles. The molecule has 19 heavy (non-hydrogen) atoms. The van der Waals surface area contributed by atoms with Crippen molar-refractivity contribution in [3.63, 3.8) is 0 Å². The molecule has 1 N–H and O–H groups in total. The summed E-state index contributed by atoms with van der Waals surface area (Å²) >= 11 is 0. The van der Waals surface area contributed by atoms with Gasteiger partial charge < -0.3 is 5.32 Å². The van der Waals surface area contributed by atoms with Crippen LogP contribution in [0.3, 0.4) is 0 Å². The van der Waals surface area contributed by atoms with Crippen molar-refractivity contribution in [3.8, 4) is 11.3 Å². The van der Waals surface area contributed by atoms with Crippen LogP contribution in [0.5, 0.6) is 0 Å². The normalized spacial score (nSPS) is 10.6. The standard InChI is InChI=1S/C15H18FN3/c1-5-13-18-14(10(3)15(17-4)19-13)11-6-7-12(16)9(2)8-11/h6-8H,5H2,1-4H3,(H,17,18,19). The highest BCUT2D eigenvalue weighted by molar-refractivity contribution is 5.68. The summed E-state index contributed by atoms with van der Waals surface area (Å²) in [6, 6.07) is 5.07. The predicted octanol–water partition coefficient (Wildman–Crippen LogP) is 3.50. The Labute approximate surface area is 112 Å². The minimum absolute atomic E-state index is 0.194. The molecule has 0 amide bonds. The van der Waals surface area contributed by atoms with Crippen LogP contribution in [0, 0.1) is 19.7 Å². The minimum atomic E-state index is -0.194. The van der Waals surface area contributed by atoms with Crippen molar-refractivity contribution in [1.82, 2.24) is 9.97 Å². The van der Waals surface area contributed by atoms with E-state index >= 15 is 0 Å². The van der Waals surface area contributed by atoms with Gasteiger partial charge in [0.2, 0.25) is 0 Å². The molecule has 4 heteroatoms. The largest absolute Gasteiger partial charge is 0.373 e. The molecule has 0 aliphatic rings. The number of nitrogens with one attached hydrogen (secondary N) is 1. The van der Waals surface area contributed by atoms with Crippen molar-refractivity contribution in [2.24, 2.45) is 0 Å². The number of aromatic nitrogens is 2. The van der Waals surface area contributed by atoms with Crippen LogP contribution in [0.1, 0.15) is 23.9 Å². The molecule has 0 fully saturated rings. The highest BCUT2D eigenvalue weighted by Crippen LogP contribution is 2.27. The van der Waals surface area contributed by atoms with Crippen LogP contribution in [-0.2, 0) is 6.42 Å². The van der Waals surface area contributed by atoms with E-state index in [4.69, 9.17) is 0 Å². The molecule has 0 saturated heterocycles. The van der Waals surface area contributed by atoms with E-state index in [9.17, 15) is 4.39 Å². The first-order chi connectivity index (χ1) is 9.06. The van der Waals surface area contributed by atoms with E-state index in [2.05, 4.69) is 15.3 Å². The lowest BCUT2D eigenvalue weighted by Crippen LogP contribution is -2.04. The van der Waals surface area contributed by atoms with Crippen molar-refractivity contribution in [2.75, 3.05) is 12.4 Å². The number of anilines is 1. The number of hydrogen-bond acceptors (Lipinski definition) is 3. The van der Waals surface area contributed by atoms with E-state index < -0.39 is 0 Å². The molecule has 0 saturated carbocycles. The highest BCUT2D eigenvalue weighted by Gasteiger charge is 2.12. The van der Waals surface area contributed by atoms with Crippen molar-refractivity contribution < 1.29 is 4.39 Å². The molecule has 2 rings (SSSR count). The zero-order chi connectivity index (χ0) is 14.0. The maximum absolute atomic E-state index is 13.4. The Kier molecular flexibility index (Phi) is 3.79. The zero-order valence-corrected chi connectivity index (χ0v) is 11.7. The van der Waals surface area contributed by atoms with Crippen LogP contribution in [0.2, 0.25) is 0 Å². The molecule has 1 aromatic heterocycles. The number of benzene rings is 1. The van der Waals surface area contributed by atoms with E-state index in [0.717, 1.165) is 34.9 Å². The maximum Gasteiger partial charge on any atom is 0.132 e. The van der Waals surface area contributed by atoms with Gasteiger partial charge in [-0.15, -0.1) is 0 Å². The molecule has 3 nitrogen and oxygen atoms in total. The van der Waals surface area contributed by atoms with Gasteiger partial charge in [0, 0.05) is 24.6 Å². The number of rotatable bonds is 3. The van der Waals surface area contributed by atoms with Crippen molar-refractivity contribution >= 4 is 5.82 Å². The summed E-state index contributed by atoms with van der Waals surface area (Å²) in [4.78, 5) is 9.01. The van der Waals surface area contributed by atoms with E-state index in [-0.39, 0.29) is 5.82 Å². The lowest BCUT2D eigenvalue weighted by Gasteiger charge is -2.12. The maximum atomic E-state index is 13.4. The topological polar surface area (TPSA) is 37.8 Å². The van der Waals surface area contributed by atoms with Crippen LogP contribution < -0.4 is 5.32 Å². The van der Waals surface area contributed by atoms with Gasteiger partial charge in [-0.2, -0.15) is 0 Å². The quantitative estimate of drug-likeness (QED) is 0.916. The number of aryl methyl sites for hydroxylation is 2. The molecular weight excluding hydrogens is 241 g/mol.